The summed E-state index contributed by atoms with van der Waals surface area (Å²) >= 11 is 0. The molecule has 1 amide bonds. The van der Waals surface area contributed by atoms with E-state index >= 15 is 0 Å². The fourth-order valence-corrected chi connectivity index (χ4v) is 2.72. The summed E-state index contributed by atoms with van der Waals surface area (Å²) in [5.41, 5.74) is -0.996. The highest BCUT2D eigenvalue weighted by Crippen LogP contribution is 2.28. The normalized spacial score (nSPS) is 19.8. The lowest BCUT2D eigenvalue weighted by Gasteiger charge is -2.44. The molecule has 0 spiro atoms. The highest BCUT2D eigenvalue weighted by atomic mass is 16.4. The van der Waals surface area contributed by atoms with Crippen LogP contribution in [-0.2, 0) is 9.59 Å². The highest BCUT2D eigenvalue weighted by molar-refractivity contribution is 5.81. The minimum atomic E-state index is -0.996. The molecular formula is C13H24N2O3. The van der Waals surface area contributed by atoms with Gasteiger partial charge in [-0.05, 0) is 25.7 Å². The van der Waals surface area contributed by atoms with Gasteiger partial charge in [-0.2, -0.15) is 0 Å². The third-order valence-corrected chi connectivity index (χ3v) is 3.72. The predicted octanol–water partition coefficient (Wildman–Crippen LogP) is 1.04. The first-order valence-electron chi connectivity index (χ1n) is 6.64. The molecule has 0 aromatic rings. The Labute approximate surface area is 109 Å². The Balaban J connectivity index is 2.74. The zero-order chi connectivity index (χ0) is 13.8. The zero-order valence-corrected chi connectivity index (χ0v) is 11.6. The second-order valence-electron chi connectivity index (χ2n) is 5.42. The molecule has 1 heterocycles. The van der Waals surface area contributed by atoms with Crippen LogP contribution in [-0.4, -0.2) is 59.0 Å². The van der Waals surface area contributed by atoms with Gasteiger partial charge in [-0.15, -0.1) is 0 Å². The number of likely N-dealkylation sites (tertiary alicyclic amines) is 1. The van der Waals surface area contributed by atoms with Crippen molar-refractivity contribution in [3.05, 3.63) is 0 Å². The molecule has 1 aliphatic heterocycles. The Morgan fingerprint density at radius 1 is 1.44 bits per heavy atom. The standard InChI is InChI=1S/C13H24N2O3/c1-4-15(10-16)13(12(17)18)5-7-14(8-6-13)9-11(2)3/h10-11H,4-9H2,1-3H3,(H,17,18). The number of carbonyl (C=O) groups excluding carboxylic acids is 1. The molecule has 1 aliphatic rings. The van der Waals surface area contributed by atoms with Gasteiger partial charge < -0.3 is 14.9 Å². The number of nitrogens with zero attached hydrogens (tertiary/aromatic N) is 2. The van der Waals surface area contributed by atoms with Crippen molar-refractivity contribution in [2.75, 3.05) is 26.2 Å². The number of rotatable bonds is 6. The van der Waals surface area contributed by atoms with Crippen molar-refractivity contribution >= 4 is 12.4 Å². The molecule has 1 rings (SSSR count). The van der Waals surface area contributed by atoms with E-state index in [-0.39, 0.29) is 0 Å². The summed E-state index contributed by atoms with van der Waals surface area (Å²) in [7, 11) is 0. The molecule has 1 N–H and O–H groups in total. The van der Waals surface area contributed by atoms with E-state index in [0.717, 1.165) is 19.6 Å². The largest absolute Gasteiger partial charge is 0.479 e. The Morgan fingerprint density at radius 3 is 2.33 bits per heavy atom. The molecule has 1 saturated heterocycles. The summed E-state index contributed by atoms with van der Waals surface area (Å²) in [6.07, 6.45) is 1.70. The molecule has 1 fully saturated rings. The Kier molecular flexibility index (Phi) is 5.14. The van der Waals surface area contributed by atoms with Gasteiger partial charge >= 0.3 is 5.97 Å². The van der Waals surface area contributed by atoms with E-state index in [9.17, 15) is 14.7 Å². The van der Waals surface area contributed by atoms with E-state index in [1.807, 2.05) is 6.92 Å². The van der Waals surface area contributed by atoms with Crippen LogP contribution in [0.2, 0.25) is 0 Å². The Bertz CT molecular complexity index is 297. The molecule has 0 unspecified atom stereocenters. The first-order valence-corrected chi connectivity index (χ1v) is 6.64. The van der Waals surface area contributed by atoms with Gasteiger partial charge in [0.1, 0.15) is 5.54 Å². The molecule has 0 aromatic heterocycles. The zero-order valence-electron chi connectivity index (χ0n) is 11.6. The van der Waals surface area contributed by atoms with Gasteiger partial charge in [-0.1, -0.05) is 13.8 Å². The lowest BCUT2D eigenvalue weighted by atomic mass is 9.85. The topological polar surface area (TPSA) is 60.9 Å². The van der Waals surface area contributed by atoms with Crippen LogP contribution in [0.4, 0.5) is 0 Å². The van der Waals surface area contributed by atoms with Crippen molar-refractivity contribution in [2.24, 2.45) is 5.92 Å². The number of carboxylic acids is 1. The third kappa shape index (κ3) is 3.02. The van der Waals surface area contributed by atoms with Crippen molar-refractivity contribution in [1.29, 1.82) is 0 Å². The summed E-state index contributed by atoms with van der Waals surface area (Å²) in [6, 6.07) is 0. The molecule has 0 aromatic carbocycles. The van der Waals surface area contributed by atoms with Gasteiger partial charge in [0.05, 0.1) is 0 Å². The number of piperidine rings is 1. The SMILES string of the molecule is CCN(C=O)C1(C(=O)O)CCN(CC(C)C)CC1. The summed E-state index contributed by atoms with van der Waals surface area (Å²) in [6.45, 7) is 9.05. The van der Waals surface area contributed by atoms with Gasteiger partial charge in [-0.25, -0.2) is 4.79 Å². The number of aliphatic carboxylic acids is 1. The van der Waals surface area contributed by atoms with Gasteiger partial charge in [-0.3, -0.25) is 4.79 Å². The number of carboxylic acid groups (broad SMARTS) is 1. The van der Waals surface area contributed by atoms with E-state index < -0.39 is 11.5 Å². The maximum absolute atomic E-state index is 11.5. The van der Waals surface area contributed by atoms with E-state index in [4.69, 9.17) is 0 Å². The van der Waals surface area contributed by atoms with Crippen LogP contribution in [0, 0.1) is 5.92 Å². The van der Waals surface area contributed by atoms with Crippen LogP contribution in [0.5, 0.6) is 0 Å². The fourth-order valence-electron chi connectivity index (χ4n) is 2.72. The lowest BCUT2D eigenvalue weighted by Crippen LogP contribution is -2.59. The summed E-state index contributed by atoms with van der Waals surface area (Å²) in [5, 5.41) is 9.47. The van der Waals surface area contributed by atoms with E-state index in [0.29, 0.717) is 31.7 Å². The molecule has 18 heavy (non-hydrogen) atoms. The Hall–Kier alpha value is -1.10. The first kappa shape index (κ1) is 15.0. The predicted molar refractivity (Wildman–Crippen MR) is 69.3 cm³/mol. The van der Waals surface area contributed by atoms with E-state index in [2.05, 4.69) is 18.7 Å². The average molecular weight is 256 g/mol. The van der Waals surface area contributed by atoms with Gasteiger partial charge in [0.25, 0.3) is 0 Å². The number of hydrogen-bond acceptors (Lipinski definition) is 3. The first-order chi connectivity index (χ1) is 8.46. The maximum atomic E-state index is 11.5. The van der Waals surface area contributed by atoms with Gasteiger partial charge in [0.2, 0.25) is 6.41 Å². The second kappa shape index (κ2) is 6.18. The number of carbonyl (C=O) groups is 2. The van der Waals surface area contributed by atoms with Crippen molar-refractivity contribution in [1.82, 2.24) is 9.80 Å². The minimum Gasteiger partial charge on any atom is -0.479 e. The monoisotopic (exact) mass is 256 g/mol. The molecule has 0 atom stereocenters. The van der Waals surface area contributed by atoms with Crippen molar-refractivity contribution < 1.29 is 14.7 Å². The van der Waals surface area contributed by atoms with Crippen LogP contribution in [0.25, 0.3) is 0 Å². The Morgan fingerprint density at radius 2 is 2.00 bits per heavy atom. The van der Waals surface area contributed by atoms with Crippen LogP contribution in [0.3, 0.4) is 0 Å². The van der Waals surface area contributed by atoms with Crippen LogP contribution in [0.15, 0.2) is 0 Å². The van der Waals surface area contributed by atoms with Crippen molar-refractivity contribution in [3.8, 4) is 0 Å². The molecule has 0 aliphatic carbocycles. The molecule has 5 nitrogen and oxygen atoms in total. The molecule has 0 radical (unpaired) electrons. The molecule has 0 bridgehead atoms. The highest BCUT2D eigenvalue weighted by Gasteiger charge is 2.45. The van der Waals surface area contributed by atoms with Gasteiger partial charge in [0.15, 0.2) is 0 Å². The van der Waals surface area contributed by atoms with Crippen LogP contribution < -0.4 is 0 Å². The average Bonchev–Trinajstić information content (AvgIpc) is 2.32. The van der Waals surface area contributed by atoms with Gasteiger partial charge in [0, 0.05) is 26.2 Å². The summed E-state index contributed by atoms with van der Waals surface area (Å²) < 4.78 is 0. The molecule has 104 valence electrons. The molecular weight excluding hydrogens is 232 g/mol. The minimum absolute atomic E-state index is 0.444. The maximum Gasteiger partial charge on any atom is 0.329 e. The van der Waals surface area contributed by atoms with Crippen LogP contribution in [0.1, 0.15) is 33.6 Å². The third-order valence-electron chi connectivity index (χ3n) is 3.72. The second-order valence-corrected chi connectivity index (χ2v) is 5.42. The van der Waals surface area contributed by atoms with Crippen molar-refractivity contribution in [2.45, 2.75) is 39.2 Å². The lowest BCUT2D eigenvalue weighted by molar-refractivity contribution is -0.158. The molecule has 0 saturated carbocycles. The summed E-state index contributed by atoms with van der Waals surface area (Å²) in [4.78, 5) is 26.3. The number of likely N-dealkylation sites (N-methyl/N-ethyl adjacent to an activating group) is 1. The van der Waals surface area contributed by atoms with Crippen molar-refractivity contribution in [3.63, 3.8) is 0 Å². The van der Waals surface area contributed by atoms with E-state index in [1.165, 1.54) is 4.90 Å². The fraction of sp³-hybridized carbons (Fsp3) is 0.846. The quantitative estimate of drug-likeness (QED) is 0.721. The summed E-state index contributed by atoms with van der Waals surface area (Å²) in [5.74, 6) is -0.295. The molecule has 5 heteroatoms. The van der Waals surface area contributed by atoms with Crippen LogP contribution >= 0.6 is 0 Å². The number of hydrogen-bond donors (Lipinski definition) is 1. The van der Waals surface area contributed by atoms with E-state index in [1.54, 1.807) is 0 Å². The smallest absolute Gasteiger partial charge is 0.329 e. The number of amides is 1.